The summed E-state index contributed by atoms with van der Waals surface area (Å²) in [5.74, 6) is 0.0635. The molecule has 4 rings (SSSR count). The van der Waals surface area contributed by atoms with Gasteiger partial charge in [0.15, 0.2) is 0 Å². The maximum absolute atomic E-state index is 12.8. The fraction of sp³-hybridized carbons (Fsp3) is 0.353. The molecule has 3 heterocycles. The third-order valence-electron chi connectivity index (χ3n) is 4.09. The van der Waals surface area contributed by atoms with Crippen LogP contribution in [0.25, 0.3) is 10.2 Å². The van der Waals surface area contributed by atoms with E-state index in [-0.39, 0.29) is 12.0 Å². The zero-order valence-corrected chi connectivity index (χ0v) is 14.9. The Morgan fingerprint density at radius 1 is 1.46 bits per heavy atom. The maximum atomic E-state index is 12.8. The minimum atomic E-state index is 0.0268. The number of hydrogen-bond donors (Lipinski definition) is 0. The summed E-state index contributed by atoms with van der Waals surface area (Å²) >= 11 is 3.14. The van der Waals surface area contributed by atoms with Gasteiger partial charge in [-0.25, -0.2) is 9.97 Å². The van der Waals surface area contributed by atoms with E-state index in [4.69, 9.17) is 4.74 Å². The second-order valence-electron chi connectivity index (χ2n) is 5.72. The first-order chi connectivity index (χ1) is 11.7. The number of hydrogen-bond acceptors (Lipinski definition) is 6. The van der Waals surface area contributed by atoms with Crippen LogP contribution in [0.3, 0.4) is 0 Å². The Hall–Kier alpha value is -1.99. The zero-order valence-electron chi connectivity index (χ0n) is 13.3. The predicted octanol–water partition coefficient (Wildman–Crippen LogP) is 3.61. The van der Waals surface area contributed by atoms with Crippen molar-refractivity contribution < 1.29 is 9.53 Å². The van der Waals surface area contributed by atoms with E-state index in [1.54, 1.807) is 17.5 Å². The van der Waals surface area contributed by atoms with Gasteiger partial charge >= 0.3 is 0 Å². The van der Waals surface area contributed by atoms with E-state index in [1.165, 1.54) is 11.3 Å². The summed E-state index contributed by atoms with van der Waals surface area (Å²) in [6.07, 6.45) is 3.52. The van der Waals surface area contributed by atoms with Crippen LogP contribution in [0.2, 0.25) is 0 Å². The first-order valence-electron chi connectivity index (χ1n) is 7.98. The number of benzene rings is 1. The summed E-state index contributed by atoms with van der Waals surface area (Å²) in [6, 6.07) is 5.78. The van der Waals surface area contributed by atoms with Crippen molar-refractivity contribution in [2.24, 2.45) is 0 Å². The highest BCUT2D eigenvalue weighted by Crippen LogP contribution is 2.26. The Labute approximate surface area is 147 Å². The molecule has 2 aromatic heterocycles. The summed E-state index contributed by atoms with van der Waals surface area (Å²) < 4.78 is 6.90. The van der Waals surface area contributed by atoms with Crippen LogP contribution in [0.15, 0.2) is 29.8 Å². The van der Waals surface area contributed by atoms with Crippen LogP contribution in [0.1, 0.15) is 28.7 Å². The number of aryl methyl sites for hydroxylation is 1. The number of amides is 1. The van der Waals surface area contributed by atoms with Gasteiger partial charge in [-0.05, 0) is 24.6 Å². The first kappa shape index (κ1) is 15.5. The van der Waals surface area contributed by atoms with Crippen molar-refractivity contribution in [3.8, 4) is 5.19 Å². The van der Waals surface area contributed by atoms with Gasteiger partial charge in [-0.15, -0.1) is 11.3 Å². The number of carbonyl (C=O) groups excluding carboxylic acids is 1. The number of aromatic nitrogens is 2. The number of fused-ring (bicyclic) bond motifs is 1. The lowest BCUT2D eigenvalue weighted by Gasteiger charge is -2.16. The fourth-order valence-corrected chi connectivity index (χ4v) is 4.36. The molecule has 5 nitrogen and oxygen atoms in total. The Kier molecular flexibility index (Phi) is 4.20. The fourth-order valence-electron chi connectivity index (χ4n) is 2.86. The van der Waals surface area contributed by atoms with Gasteiger partial charge < -0.3 is 9.64 Å². The third kappa shape index (κ3) is 3.01. The van der Waals surface area contributed by atoms with Crippen molar-refractivity contribution in [3.63, 3.8) is 0 Å². The van der Waals surface area contributed by atoms with Crippen molar-refractivity contribution in [1.82, 2.24) is 14.9 Å². The molecule has 1 aliphatic rings. The molecule has 1 amide bonds. The molecule has 1 atom stereocenters. The van der Waals surface area contributed by atoms with E-state index in [1.807, 2.05) is 28.5 Å². The number of thiazole rings is 2. The summed E-state index contributed by atoms with van der Waals surface area (Å²) in [5.41, 5.74) is 1.70. The van der Waals surface area contributed by atoms with Crippen LogP contribution in [0, 0.1) is 0 Å². The average molecular weight is 359 g/mol. The molecular weight excluding hydrogens is 342 g/mol. The highest BCUT2D eigenvalue weighted by atomic mass is 32.1. The van der Waals surface area contributed by atoms with Crippen LogP contribution < -0.4 is 4.74 Å². The molecule has 0 saturated carbocycles. The largest absolute Gasteiger partial charge is 0.465 e. The van der Waals surface area contributed by atoms with Gasteiger partial charge in [0, 0.05) is 30.1 Å². The summed E-state index contributed by atoms with van der Waals surface area (Å²) in [6.45, 7) is 3.42. The highest BCUT2D eigenvalue weighted by Gasteiger charge is 2.29. The lowest BCUT2D eigenvalue weighted by Crippen LogP contribution is -2.30. The lowest BCUT2D eigenvalue weighted by atomic mass is 10.2. The van der Waals surface area contributed by atoms with Crippen molar-refractivity contribution in [3.05, 3.63) is 40.3 Å². The van der Waals surface area contributed by atoms with E-state index in [0.29, 0.717) is 11.7 Å². The van der Waals surface area contributed by atoms with Gasteiger partial charge in [0.1, 0.15) is 6.10 Å². The minimum Gasteiger partial charge on any atom is -0.465 e. The molecule has 0 radical (unpaired) electrons. The first-order valence-corrected chi connectivity index (χ1v) is 9.67. The number of nitrogens with zero attached hydrogens (tertiary/aromatic N) is 3. The molecule has 1 saturated heterocycles. The average Bonchev–Trinajstić information content (AvgIpc) is 3.34. The number of carbonyl (C=O) groups is 1. The Morgan fingerprint density at radius 2 is 2.38 bits per heavy atom. The van der Waals surface area contributed by atoms with E-state index in [9.17, 15) is 4.79 Å². The quantitative estimate of drug-likeness (QED) is 0.714. The van der Waals surface area contributed by atoms with E-state index >= 15 is 0 Å². The smallest absolute Gasteiger partial charge is 0.273 e. The summed E-state index contributed by atoms with van der Waals surface area (Å²) in [5, 5.41) is 3.67. The summed E-state index contributed by atoms with van der Waals surface area (Å²) in [4.78, 5) is 23.3. The van der Waals surface area contributed by atoms with E-state index < -0.39 is 0 Å². The normalized spacial score (nSPS) is 17.5. The molecule has 124 valence electrons. The number of rotatable bonds is 4. The number of ether oxygens (including phenoxy) is 1. The molecule has 1 unspecified atom stereocenters. The molecular formula is C17H17N3O2S2. The molecule has 0 aliphatic carbocycles. The Bertz CT molecular complexity index is 860. The Morgan fingerprint density at radius 3 is 3.17 bits per heavy atom. The van der Waals surface area contributed by atoms with E-state index in [0.717, 1.165) is 40.2 Å². The van der Waals surface area contributed by atoms with Crippen LogP contribution in [0.4, 0.5) is 0 Å². The van der Waals surface area contributed by atoms with Crippen molar-refractivity contribution >= 4 is 38.8 Å². The van der Waals surface area contributed by atoms with Gasteiger partial charge in [-0.2, -0.15) is 0 Å². The Balaban J connectivity index is 1.47. The summed E-state index contributed by atoms with van der Waals surface area (Å²) in [7, 11) is 0. The van der Waals surface area contributed by atoms with Gasteiger partial charge in [-0.3, -0.25) is 4.79 Å². The van der Waals surface area contributed by atoms with Gasteiger partial charge in [0.2, 0.25) is 0 Å². The predicted molar refractivity (Wildman–Crippen MR) is 96.0 cm³/mol. The molecule has 24 heavy (non-hydrogen) atoms. The van der Waals surface area contributed by atoms with Crippen molar-refractivity contribution in [2.75, 3.05) is 13.1 Å². The van der Waals surface area contributed by atoms with Crippen LogP contribution in [0.5, 0.6) is 5.19 Å². The molecule has 0 N–H and O–H groups in total. The van der Waals surface area contributed by atoms with Crippen LogP contribution in [-0.4, -0.2) is 40.0 Å². The topological polar surface area (TPSA) is 55.3 Å². The van der Waals surface area contributed by atoms with Gasteiger partial charge in [-0.1, -0.05) is 18.3 Å². The van der Waals surface area contributed by atoms with Crippen molar-refractivity contribution in [2.45, 2.75) is 25.9 Å². The lowest BCUT2D eigenvalue weighted by molar-refractivity contribution is 0.0772. The van der Waals surface area contributed by atoms with Crippen LogP contribution >= 0.6 is 22.7 Å². The highest BCUT2D eigenvalue weighted by molar-refractivity contribution is 7.18. The second-order valence-corrected chi connectivity index (χ2v) is 7.69. The number of likely N-dealkylation sites (tertiary alicyclic amines) is 1. The molecule has 7 heteroatoms. The zero-order chi connectivity index (χ0) is 16.5. The minimum absolute atomic E-state index is 0.0268. The van der Waals surface area contributed by atoms with Gasteiger partial charge in [0.05, 0.1) is 21.8 Å². The SMILES string of the molecule is CCc1nc2ccc(C(=O)N3CCC(Oc4nccs4)C3)cc2s1. The van der Waals surface area contributed by atoms with Crippen molar-refractivity contribution in [1.29, 1.82) is 0 Å². The molecule has 1 aromatic carbocycles. The van der Waals surface area contributed by atoms with E-state index in [2.05, 4.69) is 16.9 Å². The van der Waals surface area contributed by atoms with Gasteiger partial charge in [0.25, 0.3) is 11.1 Å². The third-order valence-corrected chi connectivity index (χ3v) is 5.92. The molecule has 1 fully saturated rings. The molecule has 0 bridgehead atoms. The molecule has 0 spiro atoms. The standard InChI is InChI=1S/C17H17N3O2S2/c1-2-15-19-13-4-3-11(9-14(13)24-15)16(21)20-7-5-12(10-20)22-17-18-6-8-23-17/h3-4,6,8-9,12H,2,5,7,10H2,1H3. The van der Waals surface area contributed by atoms with Crippen LogP contribution in [-0.2, 0) is 6.42 Å². The second kappa shape index (κ2) is 6.49. The molecule has 3 aromatic rings. The molecule has 1 aliphatic heterocycles. The maximum Gasteiger partial charge on any atom is 0.273 e. The monoisotopic (exact) mass is 359 g/mol.